The smallest absolute Gasteiger partial charge is 0.133 e. The molecule has 0 saturated carbocycles. The van der Waals surface area contributed by atoms with Crippen LogP contribution < -0.4 is 19.9 Å². The van der Waals surface area contributed by atoms with Crippen molar-refractivity contribution in [3.05, 3.63) is 53.6 Å². The van der Waals surface area contributed by atoms with Crippen LogP contribution in [0, 0.1) is 12.3 Å². The molecule has 0 bridgehead atoms. The lowest BCUT2D eigenvalue weighted by molar-refractivity contribution is 0.233. The van der Waals surface area contributed by atoms with Gasteiger partial charge in [0.15, 0.2) is 0 Å². The number of aliphatic hydroxyl groups is 1. The molecule has 28 heavy (non-hydrogen) atoms. The van der Waals surface area contributed by atoms with Crippen LogP contribution in [0.4, 0.5) is 0 Å². The van der Waals surface area contributed by atoms with E-state index in [4.69, 9.17) is 30.5 Å². The molecule has 0 amide bonds. The van der Waals surface area contributed by atoms with Crippen LogP contribution in [0.2, 0.25) is 0 Å². The summed E-state index contributed by atoms with van der Waals surface area (Å²) in [5, 5.41) is 17.4. The molecule has 2 aromatic rings. The van der Waals surface area contributed by atoms with Gasteiger partial charge in [-0.15, -0.1) is 0 Å². The van der Waals surface area contributed by atoms with E-state index in [-0.39, 0.29) is 11.7 Å². The van der Waals surface area contributed by atoms with Gasteiger partial charge in [-0.2, -0.15) is 0 Å². The van der Waals surface area contributed by atoms with Gasteiger partial charge in [-0.3, -0.25) is 5.41 Å². The molecule has 0 fully saturated rings. The van der Waals surface area contributed by atoms with Gasteiger partial charge < -0.3 is 25.1 Å². The third kappa shape index (κ3) is 5.94. The summed E-state index contributed by atoms with van der Waals surface area (Å²) >= 11 is 1.24. The van der Waals surface area contributed by atoms with Gasteiger partial charge in [0.25, 0.3) is 0 Å². The molecule has 0 atom stereocenters. The highest BCUT2D eigenvalue weighted by atomic mass is 32.2. The first kappa shape index (κ1) is 21.7. The number of hydrogen-bond donors (Lipinski definition) is 3. The Balaban J connectivity index is 2.13. The maximum Gasteiger partial charge on any atom is 0.133 e. The fraction of sp³-hybridized carbons (Fsp3) is 0.286. The van der Waals surface area contributed by atoms with E-state index < -0.39 is 0 Å². The highest BCUT2D eigenvalue weighted by Gasteiger charge is 2.10. The summed E-state index contributed by atoms with van der Waals surface area (Å²) in [7, 11) is 3.19. The van der Waals surface area contributed by atoms with Gasteiger partial charge in [0.2, 0.25) is 0 Å². The Morgan fingerprint density at radius 1 is 1.14 bits per heavy atom. The SMILES string of the molecule is COc1ccc(OC)c(SC(=N)/C=C(\N)c2ccc(OCCCO)cc2C)c1. The lowest BCUT2D eigenvalue weighted by Crippen LogP contribution is -2.03. The molecule has 4 N–H and O–H groups in total. The van der Waals surface area contributed by atoms with E-state index in [1.54, 1.807) is 26.4 Å². The summed E-state index contributed by atoms with van der Waals surface area (Å²) in [4.78, 5) is 0.778. The Bertz CT molecular complexity index is 852. The molecule has 0 aliphatic heterocycles. The van der Waals surface area contributed by atoms with Gasteiger partial charge in [0.05, 0.1) is 30.8 Å². The Morgan fingerprint density at radius 3 is 2.54 bits per heavy atom. The molecule has 0 heterocycles. The number of methoxy groups -OCH3 is 2. The molecule has 0 saturated heterocycles. The molecular formula is C21H26N2O4S. The van der Waals surface area contributed by atoms with Gasteiger partial charge in [-0.05, 0) is 55.0 Å². The molecule has 0 unspecified atom stereocenters. The molecule has 0 radical (unpaired) electrons. The van der Waals surface area contributed by atoms with Crippen LogP contribution in [-0.4, -0.2) is 37.6 Å². The second kappa shape index (κ2) is 10.6. The highest BCUT2D eigenvalue weighted by molar-refractivity contribution is 8.14. The molecule has 0 spiro atoms. The minimum absolute atomic E-state index is 0.102. The molecular weight excluding hydrogens is 376 g/mol. The van der Waals surface area contributed by atoms with Crippen molar-refractivity contribution in [2.75, 3.05) is 27.4 Å². The fourth-order valence-electron chi connectivity index (χ4n) is 2.54. The number of ether oxygens (including phenoxy) is 3. The van der Waals surface area contributed by atoms with E-state index in [0.29, 0.717) is 30.2 Å². The van der Waals surface area contributed by atoms with Crippen molar-refractivity contribution < 1.29 is 19.3 Å². The van der Waals surface area contributed by atoms with Crippen molar-refractivity contribution in [2.45, 2.75) is 18.2 Å². The lowest BCUT2D eigenvalue weighted by Gasteiger charge is -2.11. The molecule has 150 valence electrons. The molecule has 7 heteroatoms. The first-order valence-corrected chi connectivity index (χ1v) is 9.60. The van der Waals surface area contributed by atoms with Crippen molar-refractivity contribution in [3.8, 4) is 17.2 Å². The maximum absolute atomic E-state index is 8.83. The zero-order chi connectivity index (χ0) is 20.5. The van der Waals surface area contributed by atoms with Gasteiger partial charge in [-0.1, -0.05) is 11.8 Å². The van der Waals surface area contributed by atoms with Crippen molar-refractivity contribution >= 4 is 22.5 Å². The number of nitrogens with two attached hydrogens (primary N) is 1. The van der Waals surface area contributed by atoms with Gasteiger partial charge >= 0.3 is 0 Å². The number of aryl methyl sites for hydroxylation is 1. The van der Waals surface area contributed by atoms with Gasteiger partial charge in [0.1, 0.15) is 17.2 Å². The third-order valence-electron chi connectivity index (χ3n) is 3.96. The second-order valence-electron chi connectivity index (χ2n) is 5.99. The number of aliphatic hydroxyl groups excluding tert-OH is 1. The van der Waals surface area contributed by atoms with E-state index in [0.717, 1.165) is 21.8 Å². The lowest BCUT2D eigenvalue weighted by atomic mass is 10.1. The van der Waals surface area contributed by atoms with Gasteiger partial charge in [0, 0.05) is 24.3 Å². The van der Waals surface area contributed by atoms with Crippen LogP contribution >= 0.6 is 11.8 Å². The first-order valence-electron chi connectivity index (χ1n) is 8.78. The highest BCUT2D eigenvalue weighted by Crippen LogP contribution is 2.34. The van der Waals surface area contributed by atoms with E-state index in [9.17, 15) is 0 Å². The molecule has 0 aliphatic rings. The second-order valence-corrected chi connectivity index (χ2v) is 7.07. The minimum Gasteiger partial charge on any atom is -0.497 e. The third-order valence-corrected chi connectivity index (χ3v) is 4.83. The predicted octanol–water partition coefficient (Wildman–Crippen LogP) is 3.84. The Morgan fingerprint density at radius 2 is 1.89 bits per heavy atom. The van der Waals surface area contributed by atoms with Crippen molar-refractivity contribution in [3.63, 3.8) is 0 Å². The van der Waals surface area contributed by atoms with Crippen molar-refractivity contribution in [1.82, 2.24) is 0 Å². The Labute approximate surface area is 169 Å². The number of thioether (sulfide) groups is 1. The summed E-state index contributed by atoms with van der Waals surface area (Å²) in [5.41, 5.74) is 8.52. The number of nitrogens with one attached hydrogen (secondary N) is 1. The van der Waals surface area contributed by atoms with E-state index in [2.05, 4.69) is 0 Å². The van der Waals surface area contributed by atoms with Crippen molar-refractivity contribution in [2.24, 2.45) is 5.73 Å². The van der Waals surface area contributed by atoms with Gasteiger partial charge in [-0.25, -0.2) is 0 Å². The zero-order valence-corrected chi connectivity index (χ0v) is 17.1. The van der Waals surface area contributed by atoms with Crippen LogP contribution in [0.15, 0.2) is 47.4 Å². The van der Waals surface area contributed by atoms with Crippen LogP contribution in [0.5, 0.6) is 17.2 Å². The largest absolute Gasteiger partial charge is 0.497 e. The first-order chi connectivity index (χ1) is 13.5. The minimum atomic E-state index is 0.102. The monoisotopic (exact) mass is 402 g/mol. The van der Waals surface area contributed by atoms with Crippen LogP contribution in [-0.2, 0) is 0 Å². The molecule has 0 aliphatic carbocycles. The number of hydrogen-bond acceptors (Lipinski definition) is 7. The summed E-state index contributed by atoms with van der Waals surface area (Å²) in [6.07, 6.45) is 2.21. The fourth-order valence-corrected chi connectivity index (χ4v) is 3.38. The summed E-state index contributed by atoms with van der Waals surface area (Å²) in [6.45, 7) is 2.51. The Hall–Kier alpha value is -2.64. The van der Waals surface area contributed by atoms with Crippen molar-refractivity contribution in [1.29, 1.82) is 5.41 Å². The molecule has 6 nitrogen and oxygen atoms in total. The average molecular weight is 403 g/mol. The van der Waals surface area contributed by atoms with Crippen LogP contribution in [0.3, 0.4) is 0 Å². The standard InChI is InChI=1S/C21H26N2O4S/c1-14-11-16(27-10-4-9-24)5-7-17(14)18(22)13-21(23)28-20-12-15(25-2)6-8-19(20)26-3/h5-8,11-13,23-24H,4,9-10,22H2,1-3H3/b18-13-,23-21?. The molecule has 2 aromatic carbocycles. The predicted molar refractivity (Wildman–Crippen MR) is 114 cm³/mol. The van der Waals surface area contributed by atoms with E-state index in [1.807, 2.05) is 37.3 Å². The molecule has 0 aromatic heterocycles. The average Bonchev–Trinajstić information content (AvgIpc) is 2.68. The maximum atomic E-state index is 8.83. The van der Waals surface area contributed by atoms with Crippen LogP contribution in [0.25, 0.3) is 5.70 Å². The summed E-state index contributed by atoms with van der Waals surface area (Å²) < 4.78 is 16.2. The summed E-state index contributed by atoms with van der Waals surface area (Å²) in [6, 6.07) is 11.0. The van der Waals surface area contributed by atoms with Crippen LogP contribution in [0.1, 0.15) is 17.5 Å². The summed E-state index contributed by atoms with van der Waals surface area (Å²) in [5.74, 6) is 2.09. The normalized spacial score (nSPS) is 11.2. The van der Waals surface area contributed by atoms with E-state index in [1.165, 1.54) is 11.8 Å². The Kier molecular flexibility index (Phi) is 8.22. The van der Waals surface area contributed by atoms with E-state index >= 15 is 0 Å². The topological polar surface area (TPSA) is 97.8 Å². The molecule has 2 rings (SSSR count). The zero-order valence-electron chi connectivity index (χ0n) is 16.3. The number of rotatable bonds is 9. The number of benzene rings is 2. The quantitative estimate of drug-likeness (QED) is 0.255.